The first-order valence-corrected chi connectivity index (χ1v) is 5.58. The van der Waals surface area contributed by atoms with E-state index < -0.39 is 5.82 Å². The quantitative estimate of drug-likeness (QED) is 0.863. The van der Waals surface area contributed by atoms with E-state index in [9.17, 15) is 9.18 Å². The molecule has 0 radical (unpaired) electrons. The van der Waals surface area contributed by atoms with Crippen LogP contribution in [0.1, 0.15) is 16.1 Å². The molecule has 1 aromatic carbocycles. The Morgan fingerprint density at radius 1 is 1.44 bits per heavy atom. The van der Waals surface area contributed by atoms with Crippen LogP contribution in [-0.2, 0) is 0 Å². The van der Waals surface area contributed by atoms with Crippen molar-refractivity contribution >= 4 is 16.8 Å². The fraction of sp³-hybridized carbons (Fsp3) is 0.231. The number of aliphatic hydroxyl groups is 1. The van der Waals surface area contributed by atoms with Gasteiger partial charge in [-0.3, -0.25) is 9.78 Å². The molecule has 0 aliphatic heterocycles. The molecule has 1 aromatic heterocycles. The highest BCUT2D eigenvalue weighted by molar-refractivity contribution is 6.06. The van der Waals surface area contributed by atoms with Crippen molar-refractivity contribution in [2.45, 2.75) is 6.92 Å². The highest BCUT2D eigenvalue weighted by Crippen LogP contribution is 2.19. The predicted molar refractivity (Wildman–Crippen MR) is 65.9 cm³/mol. The molecule has 5 heteroatoms. The largest absolute Gasteiger partial charge is 0.395 e. The Morgan fingerprint density at radius 2 is 2.22 bits per heavy atom. The van der Waals surface area contributed by atoms with Gasteiger partial charge in [0, 0.05) is 17.6 Å². The highest BCUT2D eigenvalue weighted by Gasteiger charge is 2.12. The maximum absolute atomic E-state index is 13.2. The van der Waals surface area contributed by atoms with Gasteiger partial charge in [0.05, 0.1) is 17.7 Å². The van der Waals surface area contributed by atoms with Crippen LogP contribution in [0.25, 0.3) is 10.9 Å². The Bertz CT molecular complexity index is 599. The number of nitrogens with one attached hydrogen (secondary N) is 1. The van der Waals surface area contributed by atoms with E-state index in [0.717, 1.165) is 0 Å². The number of aliphatic hydroxyl groups excluding tert-OH is 1. The van der Waals surface area contributed by atoms with Gasteiger partial charge >= 0.3 is 0 Å². The van der Waals surface area contributed by atoms with E-state index in [1.807, 2.05) is 0 Å². The normalized spacial score (nSPS) is 10.6. The third kappa shape index (κ3) is 2.46. The number of hydrogen-bond acceptors (Lipinski definition) is 3. The van der Waals surface area contributed by atoms with Crippen molar-refractivity contribution < 1.29 is 14.3 Å². The molecule has 1 amide bonds. The van der Waals surface area contributed by atoms with E-state index in [-0.39, 0.29) is 19.1 Å². The Balaban J connectivity index is 2.54. The second kappa shape index (κ2) is 5.10. The minimum absolute atomic E-state index is 0.137. The highest BCUT2D eigenvalue weighted by atomic mass is 19.1. The number of aryl methyl sites for hydroxylation is 1. The van der Waals surface area contributed by atoms with Crippen LogP contribution in [-0.4, -0.2) is 29.1 Å². The SMILES string of the molecule is Cc1cc(C(=O)NCCO)c2cc(F)ccc2n1. The van der Waals surface area contributed by atoms with Crippen LogP contribution in [0.5, 0.6) is 0 Å². The van der Waals surface area contributed by atoms with E-state index in [4.69, 9.17) is 5.11 Å². The molecule has 1 heterocycles. The van der Waals surface area contributed by atoms with Crippen LogP contribution >= 0.6 is 0 Å². The fourth-order valence-electron chi connectivity index (χ4n) is 1.78. The molecule has 4 nitrogen and oxygen atoms in total. The topological polar surface area (TPSA) is 62.2 Å². The molecular formula is C13H13FN2O2. The first-order chi connectivity index (χ1) is 8.61. The van der Waals surface area contributed by atoms with Crippen molar-refractivity contribution in [3.63, 3.8) is 0 Å². The molecule has 0 fully saturated rings. The van der Waals surface area contributed by atoms with Crippen molar-refractivity contribution in [3.05, 3.63) is 41.3 Å². The second-order valence-electron chi connectivity index (χ2n) is 3.95. The van der Waals surface area contributed by atoms with Crippen LogP contribution in [0.2, 0.25) is 0 Å². The van der Waals surface area contributed by atoms with Gasteiger partial charge < -0.3 is 10.4 Å². The first kappa shape index (κ1) is 12.4. The molecule has 18 heavy (non-hydrogen) atoms. The Labute approximate surface area is 103 Å². The lowest BCUT2D eigenvalue weighted by atomic mass is 10.1. The number of hydrogen-bond donors (Lipinski definition) is 2. The van der Waals surface area contributed by atoms with Crippen molar-refractivity contribution in [3.8, 4) is 0 Å². The van der Waals surface area contributed by atoms with Crippen molar-refractivity contribution in [1.82, 2.24) is 10.3 Å². The fourth-order valence-corrected chi connectivity index (χ4v) is 1.78. The summed E-state index contributed by atoms with van der Waals surface area (Å²) in [5, 5.41) is 11.7. The van der Waals surface area contributed by atoms with Gasteiger partial charge in [0.15, 0.2) is 0 Å². The molecule has 0 saturated carbocycles. The minimum atomic E-state index is -0.413. The summed E-state index contributed by atoms with van der Waals surface area (Å²) in [6, 6.07) is 5.74. The standard InChI is InChI=1S/C13H13FN2O2/c1-8-6-11(13(18)15-4-5-17)10-7-9(14)2-3-12(10)16-8/h2-3,6-7,17H,4-5H2,1H3,(H,15,18). The van der Waals surface area contributed by atoms with Crippen molar-refractivity contribution in [2.75, 3.05) is 13.2 Å². The molecule has 2 rings (SSSR count). The average molecular weight is 248 g/mol. The van der Waals surface area contributed by atoms with Gasteiger partial charge in [0.25, 0.3) is 5.91 Å². The van der Waals surface area contributed by atoms with Crippen LogP contribution in [0, 0.1) is 12.7 Å². The molecule has 0 atom stereocenters. The molecule has 94 valence electrons. The zero-order chi connectivity index (χ0) is 13.1. The third-order valence-corrected chi connectivity index (χ3v) is 2.54. The van der Waals surface area contributed by atoms with Gasteiger partial charge in [-0.2, -0.15) is 0 Å². The van der Waals surface area contributed by atoms with Gasteiger partial charge in [-0.25, -0.2) is 4.39 Å². The van der Waals surface area contributed by atoms with E-state index in [2.05, 4.69) is 10.3 Å². The molecule has 2 aromatic rings. The summed E-state index contributed by atoms with van der Waals surface area (Å²) < 4.78 is 13.2. The molecule has 0 bridgehead atoms. The van der Waals surface area contributed by atoms with Gasteiger partial charge in [-0.15, -0.1) is 0 Å². The number of carbonyl (C=O) groups is 1. The maximum Gasteiger partial charge on any atom is 0.252 e. The summed E-state index contributed by atoms with van der Waals surface area (Å²) in [5.41, 5.74) is 1.62. The third-order valence-electron chi connectivity index (χ3n) is 2.54. The lowest BCUT2D eigenvalue weighted by Gasteiger charge is -2.08. The summed E-state index contributed by atoms with van der Waals surface area (Å²) in [4.78, 5) is 16.2. The molecule has 0 aliphatic rings. The summed E-state index contributed by atoms with van der Waals surface area (Å²) >= 11 is 0. The number of nitrogens with zero attached hydrogens (tertiary/aromatic N) is 1. The number of pyridine rings is 1. The van der Waals surface area contributed by atoms with Crippen LogP contribution in [0.4, 0.5) is 4.39 Å². The molecular weight excluding hydrogens is 235 g/mol. The summed E-state index contributed by atoms with van der Waals surface area (Å²) in [6.07, 6.45) is 0. The molecule has 0 spiro atoms. The number of amides is 1. The Kier molecular flexibility index (Phi) is 3.53. The summed E-state index contributed by atoms with van der Waals surface area (Å²) in [6.45, 7) is 1.80. The zero-order valence-electron chi connectivity index (χ0n) is 9.90. The monoisotopic (exact) mass is 248 g/mol. The predicted octanol–water partition coefficient (Wildman–Crippen LogP) is 1.40. The van der Waals surface area contributed by atoms with E-state index >= 15 is 0 Å². The van der Waals surface area contributed by atoms with Gasteiger partial charge in [-0.1, -0.05) is 0 Å². The number of halogens is 1. The number of fused-ring (bicyclic) bond motifs is 1. The van der Waals surface area contributed by atoms with Crippen molar-refractivity contribution in [1.29, 1.82) is 0 Å². The number of rotatable bonds is 3. The molecule has 0 unspecified atom stereocenters. The average Bonchev–Trinajstić information content (AvgIpc) is 2.35. The van der Waals surface area contributed by atoms with Crippen molar-refractivity contribution in [2.24, 2.45) is 0 Å². The smallest absolute Gasteiger partial charge is 0.252 e. The number of benzene rings is 1. The molecule has 2 N–H and O–H groups in total. The lowest BCUT2D eigenvalue weighted by molar-refractivity contribution is 0.0946. The van der Waals surface area contributed by atoms with Gasteiger partial charge in [-0.05, 0) is 31.2 Å². The van der Waals surface area contributed by atoms with Gasteiger partial charge in [0.1, 0.15) is 5.82 Å². The number of aromatic nitrogens is 1. The number of carbonyl (C=O) groups excluding carboxylic acids is 1. The lowest BCUT2D eigenvalue weighted by Crippen LogP contribution is -2.26. The summed E-state index contributed by atoms with van der Waals surface area (Å²) in [5.74, 6) is -0.755. The first-order valence-electron chi connectivity index (χ1n) is 5.58. The molecule has 0 aliphatic carbocycles. The van der Waals surface area contributed by atoms with E-state index in [0.29, 0.717) is 22.2 Å². The summed E-state index contributed by atoms with van der Waals surface area (Å²) in [7, 11) is 0. The maximum atomic E-state index is 13.2. The van der Waals surface area contributed by atoms with Gasteiger partial charge in [0.2, 0.25) is 0 Å². The van der Waals surface area contributed by atoms with E-state index in [1.165, 1.54) is 12.1 Å². The van der Waals surface area contributed by atoms with Crippen LogP contribution in [0.15, 0.2) is 24.3 Å². The zero-order valence-corrected chi connectivity index (χ0v) is 9.90. The second-order valence-corrected chi connectivity index (χ2v) is 3.95. The van der Waals surface area contributed by atoms with E-state index in [1.54, 1.807) is 19.1 Å². The minimum Gasteiger partial charge on any atom is -0.395 e. The molecule has 0 saturated heterocycles. The Morgan fingerprint density at radius 3 is 2.94 bits per heavy atom. The van der Waals surface area contributed by atoms with Crippen LogP contribution in [0.3, 0.4) is 0 Å². The van der Waals surface area contributed by atoms with Crippen LogP contribution < -0.4 is 5.32 Å². The Hall–Kier alpha value is -2.01.